The Morgan fingerprint density at radius 2 is 2.12 bits per heavy atom. The van der Waals surface area contributed by atoms with E-state index in [1.165, 1.54) is 6.07 Å². The van der Waals surface area contributed by atoms with Crippen molar-refractivity contribution < 1.29 is 13.2 Å². The summed E-state index contributed by atoms with van der Waals surface area (Å²) in [6.07, 6.45) is 0.478. The van der Waals surface area contributed by atoms with Crippen LogP contribution in [0.4, 0.5) is 5.69 Å². The number of nitrogen functional groups attached to an aromatic ring is 1. The van der Waals surface area contributed by atoms with Crippen molar-refractivity contribution in [2.24, 2.45) is 0 Å². The molecule has 0 bridgehead atoms. The van der Waals surface area contributed by atoms with Gasteiger partial charge in [-0.3, -0.25) is 0 Å². The molecule has 0 aromatic heterocycles. The van der Waals surface area contributed by atoms with Crippen LogP contribution in [0, 0.1) is 0 Å². The van der Waals surface area contributed by atoms with Crippen molar-refractivity contribution in [3.05, 3.63) is 22.7 Å². The molecule has 0 saturated carbocycles. The fourth-order valence-electron chi connectivity index (χ4n) is 1.41. The third-order valence-electron chi connectivity index (χ3n) is 2.21. The average Bonchev–Trinajstić information content (AvgIpc) is 2.24. The van der Waals surface area contributed by atoms with Gasteiger partial charge >= 0.3 is 0 Å². The molecule has 0 unspecified atom stereocenters. The van der Waals surface area contributed by atoms with Gasteiger partial charge in [0.25, 0.3) is 0 Å². The molecule has 1 rings (SSSR count). The number of benzene rings is 1. The Kier molecular flexibility index (Phi) is 5.42. The highest BCUT2D eigenvalue weighted by Crippen LogP contribution is 2.24. The molecule has 0 amide bonds. The number of ether oxygens (including phenoxy) is 1. The molecule has 96 valence electrons. The van der Waals surface area contributed by atoms with Crippen molar-refractivity contribution >= 4 is 31.5 Å². The van der Waals surface area contributed by atoms with Gasteiger partial charge in [-0.25, -0.2) is 8.42 Å². The summed E-state index contributed by atoms with van der Waals surface area (Å²) >= 11 is 3.24. The minimum absolute atomic E-state index is 0.0544. The maximum Gasteiger partial charge on any atom is 0.180 e. The zero-order valence-electron chi connectivity index (χ0n) is 9.65. The first-order chi connectivity index (χ1) is 7.97. The zero-order valence-corrected chi connectivity index (χ0v) is 12.1. The third-order valence-corrected chi connectivity index (χ3v) is 4.57. The lowest BCUT2D eigenvalue weighted by molar-refractivity contribution is 0.148. The van der Waals surface area contributed by atoms with Crippen molar-refractivity contribution in [3.63, 3.8) is 0 Å². The maximum atomic E-state index is 12.0. The summed E-state index contributed by atoms with van der Waals surface area (Å²) in [7, 11) is -3.31. The van der Waals surface area contributed by atoms with Gasteiger partial charge in [0.05, 0.1) is 16.3 Å². The highest BCUT2D eigenvalue weighted by molar-refractivity contribution is 9.10. The van der Waals surface area contributed by atoms with Crippen LogP contribution in [0.3, 0.4) is 0 Å². The average molecular weight is 322 g/mol. The second-order valence-corrected chi connectivity index (χ2v) is 6.54. The van der Waals surface area contributed by atoms with E-state index < -0.39 is 9.84 Å². The second kappa shape index (κ2) is 6.37. The molecule has 2 N–H and O–H groups in total. The van der Waals surface area contributed by atoms with E-state index in [0.29, 0.717) is 19.6 Å². The quantitative estimate of drug-likeness (QED) is 0.644. The van der Waals surface area contributed by atoms with Crippen molar-refractivity contribution in [2.45, 2.75) is 18.2 Å². The van der Waals surface area contributed by atoms with Gasteiger partial charge in [0.1, 0.15) is 0 Å². The minimum Gasteiger partial charge on any atom is -0.398 e. The Morgan fingerprint density at radius 1 is 1.41 bits per heavy atom. The molecular weight excluding hydrogens is 306 g/mol. The smallest absolute Gasteiger partial charge is 0.180 e. The monoisotopic (exact) mass is 321 g/mol. The highest BCUT2D eigenvalue weighted by Gasteiger charge is 2.17. The van der Waals surface area contributed by atoms with Crippen LogP contribution in [0.5, 0.6) is 0 Å². The van der Waals surface area contributed by atoms with Crippen molar-refractivity contribution in [1.82, 2.24) is 0 Å². The highest BCUT2D eigenvalue weighted by atomic mass is 79.9. The van der Waals surface area contributed by atoms with Crippen LogP contribution in [-0.2, 0) is 14.6 Å². The van der Waals surface area contributed by atoms with E-state index in [0.717, 1.165) is 4.47 Å². The number of hydrogen-bond acceptors (Lipinski definition) is 4. The van der Waals surface area contributed by atoms with Gasteiger partial charge in [-0.1, -0.05) is 15.9 Å². The van der Waals surface area contributed by atoms with Crippen LogP contribution in [0.2, 0.25) is 0 Å². The molecule has 0 fully saturated rings. The first-order valence-corrected chi connectivity index (χ1v) is 7.77. The van der Waals surface area contributed by atoms with Gasteiger partial charge in [-0.05, 0) is 31.5 Å². The number of anilines is 1. The molecule has 1 aromatic rings. The first-order valence-electron chi connectivity index (χ1n) is 5.33. The Hall–Kier alpha value is -0.590. The molecule has 4 nitrogen and oxygen atoms in total. The van der Waals surface area contributed by atoms with Crippen molar-refractivity contribution in [3.8, 4) is 0 Å². The lowest BCUT2D eigenvalue weighted by atomic mass is 10.3. The Labute approximate surface area is 110 Å². The molecule has 0 aliphatic heterocycles. The third kappa shape index (κ3) is 4.29. The molecule has 0 radical (unpaired) electrons. The zero-order chi connectivity index (χ0) is 12.9. The molecule has 17 heavy (non-hydrogen) atoms. The number of sulfone groups is 1. The van der Waals surface area contributed by atoms with E-state index in [4.69, 9.17) is 10.5 Å². The van der Waals surface area contributed by atoms with Gasteiger partial charge in [0.15, 0.2) is 9.84 Å². The summed E-state index contributed by atoms with van der Waals surface area (Å²) in [6, 6.07) is 4.79. The number of rotatable bonds is 6. The largest absolute Gasteiger partial charge is 0.398 e. The van der Waals surface area contributed by atoms with Gasteiger partial charge < -0.3 is 10.5 Å². The number of hydrogen-bond donors (Lipinski definition) is 1. The van der Waals surface area contributed by atoms with E-state index in [1.54, 1.807) is 12.1 Å². The molecule has 0 saturated heterocycles. The van der Waals surface area contributed by atoms with Gasteiger partial charge in [0.2, 0.25) is 0 Å². The number of nitrogens with two attached hydrogens (primary N) is 1. The van der Waals surface area contributed by atoms with Crippen LogP contribution in [0.25, 0.3) is 0 Å². The van der Waals surface area contributed by atoms with E-state index in [9.17, 15) is 8.42 Å². The van der Waals surface area contributed by atoms with E-state index >= 15 is 0 Å². The SMILES string of the molecule is CCOCCCS(=O)(=O)c1ccc(Br)cc1N. The van der Waals surface area contributed by atoms with Gasteiger partial charge in [-0.15, -0.1) is 0 Å². The second-order valence-electron chi connectivity index (χ2n) is 3.55. The summed E-state index contributed by atoms with van der Waals surface area (Å²) < 4.78 is 29.8. The minimum atomic E-state index is -3.31. The normalized spacial score (nSPS) is 11.6. The Morgan fingerprint density at radius 3 is 2.71 bits per heavy atom. The van der Waals surface area contributed by atoms with Gasteiger partial charge in [-0.2, -0.15) is 0 Å². The topological polar surface area (TPSA) is 69.4 Å². The predicted molar refractivity (Wildman–Crippen MR) is 71.7 cm³/mol. The van der Waals surface area contributed by atoms with Crippen LogP contribution in [0.1, 0.15) is 13.3 Å². The van der Waals surface area contributed by atoms with Crippen LogP contribution in [-0.4, -0.2) is 27.4 Å². The summed E-state index contributed by atoms with van der Waals surface area (Å²) in [5, 5.41) is 0. The predicted octanol–water partition coefficient (Wildman–Crippen LogP) is 2.23. The van der Waals surface area contributed by atoms with Crippen LogP contribution in [0.15, 0.2) is 27.6 Å². The van der Waals surface area contributed by atoms with Gasteiger partial charge in [0, 0.05) is 17.7 Å². The summed E-state index contributed by atoms with van der Waals surface area (Å²) in [5.74, 6) is 0.0544. The fraction of sp³-hybridized carbons (Fsp3) is 0.455. The lowest BCUT2D eigenvalue weighted by Crippen LogP contribution is -2.11. The summed E-state index contributed by atoms with van der Waals surface area (Å²) in [6.45, 7) is 2.92. The molecule has 0 heterocycles. The first kappa shape index (κ1) is 14.5. The molecule has 0 aliphatic carbocycles. The molecule has 0 aliphatic rings. The molecule has 0 atom stereocenters. The van der Waals surface area contributed by atoms with Crippen LogP contribution >= 0.6 is 15.9 Å². The molecule has 6 heteroatoms. The summed E-state index contributed by atoms with van der Waals surface area (Å²) in [5.41, 5.74) is 5.97. The standard InChI is InChI=1S/C11H16BrNO3S/c1-2-16-6-3-7-17(14,15)11-5-4-9(12)8-10(11)13/h4-5,8H,2-3,6-7,13H2,1H3. The molecule has 1 aromatic carbocycles. The maximum absolute atomic E-state index is 12.0. The summed E-state index contributed by atoms with van der Waals surface area (Å²) in [4.78, 5) is 0.192. The fourth-order valence-corrected chi connectivity index (χ4v) is 3.20. The van der Waals surface area contributed by atoms with Crippen molar-refractivity contribution in [1.29, 1.82) is 0 Å². The van der Waals surface area contributed by atoms with E-state index in [2.05, 4.69) is 15.9 Å². The Balaban J connectivity index is 2.76. The molecular formula is C11H16BrNO3S. The van der Waals surface area contributed by atoms with E-state index in [-0.39, 0.29) is 16.3 Å². The van der Waals surface area contributed by atoms with E-state index in [1.807, 2.05) is 6.92 Å². The molecule has 0 spiro atoms. The Bertz CT molecular complexity index is 474. The van der Waals surface area contributed by atoms with Crippen molar-refractivity contribution in [2.75, 3.05) is 24.7 Å². The lowest BCUT2D eigenvalue weighted by Gasteiger charge is -2.07. The number of halogens is 1. The van der Waals surface area contributed by atoms with Crippen LogP contribution < -0.4 is 5.73 Å².